The Morgan fingerprint density at radius 3 is 2.58 bits per heavy atom. The number of benzene rings is 2. The van der Waals surface area contributed by atoms with Gasteiger partial charge in [0.15, 0.2) is 0 Å². The molecule has 0 bridgehead atoms. The molecular formula is C23H24N2O7S. The molecule has 0 saturated carbocycles. The molecule has 9 nitrogen and oxygen atoms in total. The SMILES string of the molecule is CCn1nc(OC2Oc3ccc(S(=O)(=O)c4cccc(O)c4)cc3CC2O)c(C)c(C)c1=O. The van der Waals surface area contributed by atoms with Gasteiger partial charge in [0.1, 0.15) is 17.6 Å². The van der Waals surface area contributed by atoms with Crippen LogP contribution in [0.5, 0.6) is 17.4 Å². The lowest BCUT2D eigenvalue weighted by atomic mass is 10.0. The lowest BCUT2D eigenvalue weighted by molar-refractivity contribution is -0.0983. The van der Waals surface area contributed by atoms with Crippen molar-refractivity contribution < 1.29 is 28.1 Å². The van der Waals surface area contributed by atoms with Crippen LogP contribution in [0.15, 0.2) is 57.1 Å². The smallest absolute Gasteiger partial charge is 0.270 e. The molecule has 2 atom stereocenters. The maximum Gasteiger partial charge on any atom is 0.270 e. The Kier molecular flexibility index (Phi) is 5.89. The van der Waals surface area contributed by atoms with Crippen LogP contribution in [0.4, 0.5) is 0 Å². The second-order valence-corrected chi connectivity index (χ2v) is 9.77. The lowest BCUT2D eigenvalue weighted by Gasteiger charge is -2.31. The summed E-state index contributed by atoms with van der Waals surface area (Å²) < 4.78 is 38.8. The van der Waals surface area contributed by atoms with Gasteiger partial charge < -0.3 is 19.7 Å². The molecule has 0 spiro atoms. The molecule has 0 fully saturated rings. The average molecular weight is 473 g/mol. The van der Waals surface area contributed by atoms with E-state index in [1.165, 1.54) is 47.1 Å². The standard InChI is InChI=1S/C23H24N2O7S/c1-4-25-22(28)14(3)13(2)21(24-25)32-23-19(27)11-15-10-18(8-9-20(15)31-23)33(29,30)17-7-5-6-16(26)12-17/h5-10,12,19,23,26-27H,4,11H2,1-3H3. The van der Waals surface area contributed by atoms with Crippen LogP contribution in [0.2, 0.25) is 0 Å². The highest BCUT2D eigenvalue weighted by Crippen LogP contribution is 2.33. The quantitative estimate of drug-likeness (QED) is 0.578. The van der Waals surface area contributed by atoms with E-state index in [-0.39, 0.29) is 33.4 Å². The van der Waals surface area contributed by atoms with Crippen LogP contribution in [0.1, 0.15) is 23.6 Å². The van der Waals surface area contributed by atoms with E-state index in [0.29, 0.717) is 29.0 Å². The molecule has 174 valence electrons. The minimum atomic E-state index is -3.87. The monoisotopic (exact) mass is 472 g/mol. The molecule has 0 aliphatic carbocycles. The molecule has 1 aromatic heterocycles. The number of phenolic OH excluding ortho intramolecular Hbond substituents is 1. The zero-order valence-electron chi connectivity index (χ0n) is 18.3. The molecule has 4 rings (SSSR count). The van der Waals surface area contributed by atoms with Gasteiger partial charge in [0.05, 0.1) is 9.79 Å². The predicted octanol–water partition coefficient (Wildman–Crippen LogP) is 2.12. The fourth-order valence-corrected chi connectivity index (χ4v) is 4.94. The van der Waals surface area contributed by atoms with E-state index in [0.717, 1.165) is 0 Å². The maximum atomic E-state index is 12.9. The average Bonchev–Trinajstić information content (AvgIpc) is 2.79. The molecule has 0 amide bonds. The van der Waals surface area contributed by atoms with Crippen LogP contribution < -0.4 is 15.0 Å². The first-order valence-electron chi connectivity index (χ1n) is 10.4. The third kappa shape index (κ3) is 4.19. The Morgan fingerprint density at radius 1 is 1.15 bits per heavy atom. The fraction of sp³-hybridized carbons (Fsp3) is 0.304. The molecule has 1 aliphatic rings. The number of hydrogen-bond donors (Lipinski definition) is 2. The van der Waals surface area contributed by atoms with E-state index in [9.17, 15) is 23.4 Å². The second kappa shape index (κ2) is 8.53. The third-order valence-electron chi connectivity index (χ3n) is 5.63. The Morgan fingerprint density at radius 2 is 1.88 bits per heavy atom. The maximum absolute atomic E-state index is 12.9. The number of aromatic nitrogens is 2. The minimum Gasteiger partial charge on any atom is -0.508 e. The van der Waals surface area contributed by atoms with Gasteiger partial charge in [-0.2, -0.15) is 0 Å². The van der Waals surface area contributed by atoms with Crippen molar-refractivity contribution in [2.45, 2.75) is 55.9 Å². The number of aliphatic hydroxyl groups is 1. The van der Waals surface area contributed by atoms with Crippen molar-refractivity contribution in [1.29, 1.82) is 0 Å². The van der Waals surface area contributed by atoms with E-state index < -0.39 is 22.2 Å². The summed E-state index contributed by atoms with van der Waals surface area (Å²) in [6.07, 6.45) is -2.09. The van der Waals surface area contributed by atoms with Gasteiger partial charge in [-0.15, -0.1) is 5.10 Å². The topological polar surface area (TPSA) is 128 Å². The van der Waals surface area contributed by atoms with E-state index in [1.807, 2.05) is 0 Å². The molecule has 10 heteroatoms. The molecule has 0 radical (unpaired) electrons. The normalized spacial score (nSPS) is 17.8. The van der Waals surface area contributed by atoms with Crippen LogP contribution in [-0.2, 0) is 22.8 Å². The van der Waals surface area contributed by atoms with Gasteiger partial charge in [0.25, 0.3) is 11.8 Å². The van der Waals surface area contributed by atoms with Crippen molar-refractivity contribution in [2.75, 3.05) is 0 Å². The number of rotatable bonds is 5. The van der Waals surface area contributed by atoms with Crippen molar-refractivity contribution in [2.24, 2.45) is 0 Å². The molecule has 2 N–H and O–H groups in total. The van der Waals surface area contributed by atoms with Gasteiger partial charge in [0.2, 0.25) is 15.7 Å². The van der Waals surface area contributed by atoms with Gasteiger partial charge in [0, 0.05) is 24.1 Å². The summed E-state index contributed by atoms with van der Waals surface area (Å²) in [5.74, 6) is 0.407. The van der Waals surface area contributed by atoms with Crippen LogP contribution in [0.3, 0.4) is 0 Å². The van der Waals surface area contributed by atoms with E-state index in [4.69, 9.17) is 9.47 Å². The number of fused-ring (bicyclic) bond motifs is 1. The number of nitrogens with zero attached hydrogens (tertiary/aromatic N) is 2. The van der Waals surface area contributed by atoms with Crippen molar-refractivity contribution in [3.8, 4) is 17.4 Å². The summed E-state index contributed by atoms with van der Waals surface area (Å²) in [7, 11) is -3.87. The summed E-state index contributed by atoms with van der Waals surface area (Å²) in [5, 5.41) is 24.5. The van der Waals surface area contributed by atoms with Crippen molar-refractivity contribution in [3.63, 3.8) is 0 Å². The first-order valence-corrected chi connectivity index (χ1v) is 11.9. The molecule has 3 aromatic rings. The number of aliphatic hydroxyl groups excluding tert-OH is 1. The summed E-state index contributed by atoms with van der Waals surface area (Å²) in [6.45, 7) is 5.54. The first kappa shape index (κ1) is 22.8. The van der Waals surface area contributed by atoms with Crippen LogP contribution in [-0.4, -0.2) is 40.8 Å². The number of aryl methyl sites for hydroxylation is 1. The molecule has 33 heavy (non-hydrogen) atoms. The zero-order chi connectivity index (χ0) is 23.9. The fourth-order valence-electron chi connectivity index (χ4n) is 3.59. The van der Waals surface area contributed by atoms with Crippen LogP contribution >= 0.6 is 0 Å². The van der Waals surface area contributed by atoms with Crippen molar-refractivity contribution >= 4 is 9.84 Å². The number of aromatic hydroxyl groups is 1. The van der Waals surface area contributed by atoms with E-state index >= 15 is 0 Å². The van der Waals surface area contributed by atoms with Gasteiger partial charge in [-0.25, -0.2) is 13.1 Å². The summed E-state index contributed by atoms with van der Waals surface area (Å²) in [6, 6.07) is 9.77. The Bertz CT molecular complexity index is 1380. The highest BCUT2D eigenvalue weighted by atomic mass is 32.2. The predicted molar refractivity (Wildman–Crippen MR) is 118 cm³/mol. The number of sulfone groups is 1. The molecular weight excluding hydrogens is 448 g/mol. The van der Waals surface area contributed by atoms with Crippen molar-refractivity contribution in [1.82, 2.24) is 9.78 Å². The first-order chi connectivity index (χ1) is 15.6. The molecule has 2 aromatic carbocycles. The Hall–Kier alpha value is -3.37. The number of hydrogen-bond acceptors (Lipinski definition) is 8. The zero-order valence-corrected chi connectivity index (χ0v) is 19.2. The van der Waals surface area contributed by atoms with Crippen LogP contribution in [0, 0.1) is 13.8 Å². The van der Waals surface area contributed by atoms with Gasteiger partial charge in [-0.05, 0) is 62.7 Å². The second-order valence-electron chi connectivity index (χ2n) is 7.82. The van der Waals surface area contributed by atoms with E-state index in [2.05, 4.69) is 5.10 Å². The Balaban J connectivity index is 1.62. The van der Waals surface area contributed by atoms with Gasteiger partial charge in [-0.3, -0.25) is 4.79 Å². The summed E-state index contributed by atoms with van der Waals surface area (Å²) in [4.78, 5) is 12.2. The summed E-state index contributed by atoms with van der Waals surface area (Å²) >= 11 is 0. The van der Waals surface area contributed by atoms with E-state index in [1.54, 1.807) is 20.8 Å². The van der Waals surface area contributed by atoms with Crippen LogP contribution in [0.25, 0.3) is 0 Å². The molecule has 1 aliphatic heterocycles. The number of ether oxygens (including phenoxy) is 2. The Labute approximate surface area is 190 Å². The van der Waals surface area contributed by atoms with Gasteiger partial charge in [-0.1, -0.05) is 6.07 Å². The molecule has 2 unspecified atom stereocenters. The lowest BCUT2D eigenvalue weighted by Crippen LogP contribution is -2.42. The van der Waals surface area contributed by atoms with Crippen molar-refractivity contribution in [3.05, 3.63) is 69.5 Å². The number of phenols is 1. The third-order valence-corrected chi connectivity index (χ3v) is 7.38. The largest absolute Gasteiger partial charge is 0.508 e. The highest BCUT2D eigenvalue weighted by Gasteiger charge is 2.32. The summed E-state index contributed by atoms with van der Waals surface area (Å²) in [5.41, 5.74) is 1.34. The molecule has 0 saturated heterocycles. The van der Waals surface area contributed by atoms with Gasteiger partial charge >= 0.3 is 0 Å². The molecule has 2 heterocycles. The highest BCUT2D eigenvalue weighted by molar-refractivity contribution is 7.91. The minimum absolute atomic E-state index is 0.0187.